The average Bonchev–Trinajstić information content (AvgIpc) is 3.89. The van der Waals surface area contributed by atoms with Crippen LogP contribution in [-0.2, 0) is 42.8 Å². The fourth-order valence-corrected chi connectivity index (χ4v) is 18.0. The van der Waals surface area contributed by atoms with Gasteiger partial charge < -0.3 is 33.5 Å². The number of carbonyl (C=O) groups is 3. The van der Waals surface area contributed by atoms with Crippen molar-refractivity contribution >= 4 is 18.0 Å². The lowest BCUT2D eigenvalue weighted by Gasteiger charge is -2.60. The molecule has 0 radical (unpaired) electrons. The zero-order chi connectivity index (χ0) is 44.0. The van der Waals surface area contributed by atoms with E-state index in [9.17, 15) is 19.5 Å². The minimum atomic E-state index is -0.555. The van der Waals surface area contributed by atoms with Gasteiger partial charge >= 0.3 is 0 Å². The van der Waals surface area contributed by atoms with Crippen LogP contribution in [0.1, 0.15) is 218 Å². The summed E-state index contributed by atoms with van der Waals surface area (Å²) in [4.78, 5) is 32.9. The van der Waals surface area contributed by atoms with Crippen LogP contribution in [0.4, 0.5) is 0 Å². The van der Waals surface area contributed by atoms with Crippen molar-refractivity contribution in [2.24, 2.45) is 59.2 Å². The molecule has 7 heterocycles. The second kappa shape index (κ2) is 21.0. The number of ether oxygens (including phenoxy) is 6. The number of rotatable bonds is 4. The molecule has 7 saturated heterocycles. The highest BCUT2D eigenvalue weighted by molar-refractivity contribution is 5.80. The predicted molar refractivity (Wildman–Crippen MR) is 270 cm³/mol. The number of Topliss-reactive ketones (excluding diaryl/α,β-unsaturated/α-hetero) is 2. The number of epoxide rings is 1. The van der Waals surface area contributed by atoms with E-state index in [1.165, 1.54) is 63.4 Å². The number of aliphatic hydroxyl groups excluding tert-OH is 1. The highest BCUT2D eigenvalue weighted by Gasteiger charge is 2.60. The van der Waals surface area contributed by atoms with E-state index < -0.39 is 5.79 Å². The van der Waals surface area contributed by atoms with Crippen LogP contribution in [0, 0.1) is 59.2 Å². The van der Waals surface area contributed by atoms with Gasteiger partial charge in [-0.25, -0.2) is 0 Å². The maximum atomic E-state index is 11.3. The van der Waals surface area contributed by atoms with E-state index in [4.69, 9.17) is 28.4 Å². The fraction of sp³-hybridized carbons (Fsp3) is 0.914. The SMILES string of the molecule is C.C.C.C.C.C=C1C[C@@H]2CC(=O)C[C@H](C1)C2.CC12CC3CC(C1)CC(CO)(C3)O2.CC12CC3CC(C1)CC(OC=O)(C3)O2.COC12CC3CC(CC(C)(C3)O1)C2.O=C1CC2CC(C1)CC1(CO1)C2. The van der Waals surface area contributed by atoms with Gasteiger partial charge in [0.05, 0.1) is 41.2 Å². The molecule has 68 heavy (non-hydrogen) atoms. The molecule has 17 aliphatic rings. The van der Waals surface area contributed by atoms with Crippen molar-refractivity contribution in [3.63, 3.8) is 0 Å². The molecule has 10 nitrogen and oxygen atoms in total. The Morgan fingerprint density at radius 3 is 1.25 bits per heavy atom. The zero-order valence-corrected chi connectivity index (χ0v) is 39.3. The molecule has 0 aromatic rings. The number of hydrogen-bond acceptors (Lipinski definition) is 10. The van der Waals surface area contributed by atoms with Gasteiger partial charge in [-0.2, -0.15) is 0 Å². The van der Waals surface area contributed by atoms with Gasteiger partial charge in [-0.3, -0.25) is 14.4 Å². The highest BCUT2D eigenvalue weighted by Crippen LogP contribution is 2.60. The van der Waals surface area contributed by atoms with Crippen LogP contribution in [0.5, 0.6) is 0 Å². The molecule has 17 rings (SSSR count). The molecule has 0 aromatic carbocycles. The quantitative estimate of drug-likeness (QED) is 0.165. The normalized spacial score (nSPS) is 48.8. The summed E-state index contributed by atoms with van der Waals surface area (Å²) in [5.74, 6) is 7.67. The Bertz CT molecular complexity index is 1620. The average molecular weight is 957 g/mol. The summed E-state index contributed by atoms with van der Waals surface area (Å²) in [5, 5.41) is 9.42. The standard InChI is InChI=1S/C11H16O3.2C11H18O2.C10H14O2.C10H14O.5CH4/c1-10-3-8-2-9(4-10)6-11(5-8,14-10)13-7-12;1-10-4-8-3-9(5-10)7-11(6-8,12-2)13-10;1-10-3-8-2-9(4-10)6-11(5-8,7-12)13-10;11-9-2-7-1-8(3-9)5-10(4-7)6-12-10;1-7-2-8-4-9(3-7)6-10(11)5-8;;;;;/h7-9H,2-6H2,1H3;8-9H,3-7H2,1-2H3;8-9,12H,2-7H2,1H3;7-8H,1-6H2;8-9H,1-6H2;5*1H4/t;;;;8-,9+;;;;;. The van der Waals surface area contributed by atoms with E-state index in [1.54, 1.807) is 7.11 Å². The first kappa shape index (κ1) is 57.2. The van der Waals surface area contributed by atoms with Gasteiger partial charge in [0.1, 0.15) is 11.6 Å². The Kier molecular flexibility index (Phi) is 17.7. The second-order valence-electron chi connectivity index (χ2n) is 25.5. The van der Waals surface area contributed by atoms with Gasteiger partial charge in [0.15, 0.2) is 5.79 Å². The maximum Gasteiger partial charge on any atom is 0.295 e. The number of methoxy groups -OCH3 is 1. The van der Waals surface area contributed by atoms with E-state index in [2.05, 4.69) is 27.4 Å². The van der Waals surface area contributed by atoms with Gasteiger partial charge in [0.25, 0.3) is 6.47 Å². The lowest BCUT2D eigenvalue weighted by Crippen LogP contribution is -2.61. The number of allylic oxidation sites excluding steroid dienone is 1. The molecule has 8 unspecified atom stereocenters. The van der Waals surface area contributed by atoms with Crippen LogP contribution in [0.3, 0.4) is 0 Å². The molecule has 392 valence electrons. The number of aliphatic hydroxyl groups is 1. The molecule has 1 N–H and O–H groups in total. The van der Waals surface area contributed by atoms with Crippen molar-refractivity contribution < 1.29 is 47.9 Å². The molecule has 1 spiro atoms. The monoisotopic (exact) mass is 957 g/mol. The van der Waals surface area contributed by atoms with Gasteiger partial charge in [0.2, 0.25) is 5.79 Å². The molecule has 10 saturated carbocycles. The van der Waals surface area contributed by atoms with Crippen LogP contribution in [-0.4, -0.2) is 83.0 Å². The first-order valence-corrected chi connectivity index (χ1v) is 25.6. The van der Waals surface area contributed by atoms with Crippen molar-refractivity contribution in [2.45, 2.75) is 258 Å². The Hall–Kier alpha value is -1.69. The van der Waals surface area contributed by atoms with Crippen LogP contribution in [0.2, 0.25) is 0 Å². The Morgan fingerprint density at radius 2 is 0.882 bits per heavy atom. The molecule has 0 amide bonds. The third-order valence-corrected chi connectivity index (χ3v) is 18.7. The van der Waals surface area contributed by atoms with Gasteiger partial charge in [0, 0.05) is 58.5 Å². The second-order valence-corrected chi connectivity index (χ2v) is 25.5. The lowest BCUT2D eigenvalue weighted by molar-refractivity contribution is -0.359. The summed E-state index contributed by atoms with van der Waals surface area (Å²) in [6.07, 6.45) is 28.1. The summed E-state index contributed by atoms with van der Waals surface area (Å²) in [6.45, 7) is 12.4. The first-order chi connectivity index (χ1) is 29.9. The van der Waals surface area contributed by atoms with E-state index in [-0.39, 0.29) is 77.5 Å². The molecule has 0 aromatic heterocycles. The predicted octanol–water partition coefficient (Wildman–Crippen LogP) is 12.9. The Morgan fingerprint density at radius 1 is 0.529 bits per heavy atom. The summed E-state index contributed by atoms with van der Waals surface area (Å²) in [7, 11) is 1.80. The van der Waals surface area contributed by atoms with E-state index >= 15 is 0 Å². The summed E-state index contributed by atoms with van der Waals surface area (Å²) >= 11 is 0. The molecule has 16 bridgehead atoms. The highest BCUT2D eigenvalue weighted by atomic mass is 16.7. The van der Waals surface area contributed by atoms with E-state index in [0.29, 0.717) is 53.5 Å². The largest absolute Gasteiger partial charge is 0.435 e. The molecule has 17 fully saturated rings. The van der Waals surface area contributed by atoms with Crippen molar-refractivity contribution in [3.8, 4) is 0 Å². The van der Waals surface area contributed by atoms with Crippen LogP contribution in [0.25, 0.3) is 0 Å². The van der Waals surface area contributed by atoms with Crippen molar-refractivity contribution in [3.05, 3.63) is 12.2 Å². The minimum absolute atomic E-state index is 0. The smallest absolute Gasteiger partial charge is 0.295 e. The van der Waals surface area contributed by atoms with Crippen LogP contribution in [0.15, 0.2) is 12.2 Å². The summed E-state index contributed by atoms with van der Waals surface area (Å²) in [6, 6.07) is 0. The molecular weight excluding hydrogens is 857 g/mol. The Labute approximate surface area is 414 Å². The van der Waals surface area contributed by atoms with Gasteiger partial charge in [-0.15, -0.1) is 0 Å². The van der Waals surface area contributed by atoms with Crippen LogP contribution >= 0.6 is 0 Å². The zero-order valence-electron chi connectivity index (χ0n) is 39.3. The summed E-state index contributed by atoms with van der Waals surface area (Å²) in [5.41, 5.74) is 1.71. The van der Waals surface area contributed by atoms with Crippen molar-refractivity contribution in [1.29, 1.82) is 0 Å². The maximum absolute atomic E-state index is 11.3. The van der Waals surface area contributed by atoms with Gasteiger partial charge in [-0.1, -0.05) is 49.3 Å². The molecule has 10 heteroatoms. The molecule has 7 aliphatic heterocycles. The summed E-state index contributed by atoms with van der Waals surface area (Å²) < 4.78 is 34.5. The number of fused-ring (bicyclic) bond motifs is 4. The fourth-order valence-electron chi connectivity index (χ4n) is 18.0. The molecular formula is C58H100O10. The number of hydrogen-bond donors (Lipinski definition) is 1. The van der Waals surface area contributed by atoms with Crippen LogP contribution < -0.4 is 0 Å². The third-order valence-electron chi connectivity index (χ3n) is 18.7. The number of ketones is 2. The topological polar surface area (TPSA) is 130 Å². The van der Waals surface area contributed by atoms with Crippen molar-refractivity contribution in [2.75, 3.05) is 20.3 Å². The van der Waals surface area contributed by atoms with Crippen molar-refractivity contribution in [1.82, 2.24) is 0 Å². The number of carbonyl (C=O) groups excluding carboxylic acids is 3. The Balaban J connectivity index is 0.000000156. The van der Waals surface area contributed by atoms with E-state index in [1.807, 2.05) is 0 Å². The third kappa shape index (κ3) is 12.2. The minimum Gasteiger partial charge on any atom is -0.435 e. The molecule has 10 aliphatic carbocycles. The molecule has 10 atom stereocenters. The lowest BCUT2D eigenvalue weighted by atomic mass is 9.58. The first-order valence-electron chi connectivity index (χ1n) is 25.6. The van der Waals surface area contributed by atoms with Gasteiger partial charge in [-0.05, 0) is 189 Å². The van der Waals surface area contributed by atoms with E-state index in [0.717, 1.165) is 133 Å².